The molecule has 2 N–H and O–H groups in total. The zero-order valence-corrected chi connectivity index (χ0v) is 22.0. The van der Waals surface area contributed by atoms with Gasteiger partial charge in [-0.15, -0.1) is 0 Å². The molecule has 0 unspecified atom stereocenters. The van der Waals surface area contributed by atoms with E-state index in [-0.39, 0.29) is 34.2 Å². The second-order valence-electron chi connectivity index (χ2n) is 9.36. The number of carbonyl (C=O) groups excluding carboxylic acids is 1. The maximum absolute atomic E-state index is 13.6. The molecule has 0 spiro atoms. The van der Waals surface area contributed by atoms with Crippen LogP contribution in [0.15, 0.2) is 59.0 Å². The average Bonchev–Trinajstić information content (AvgIpc) is 3.68. The Bertz CT molecular complexity index is 1810. The number of nitro benzene ring substituents is 1. The van der Waals surface area contributed by atoms with Crippen LogP contribution < -0.4 is 9.62 Å². The van der Waals surface area contributed by atoms with Crippen LogP contribution in [-0.2, 0) is 10.0 Å². The van der Waals surface area contributed by atoms with Gasteiger partial charge in [0, 0.05) is 30.1 Å². The number of sulfonamides is 1. The van der Waals surface area contributed by atoms with Crippen molar-refractivity contribution in [3.63, 3.8) is 0 Å². The van der Waals surface area contributed by atoms with E-state index >= 15 is 0 Å². The van der Waals surface area contributed by atoms with E-state index in [1.165, 1.54) is 37.4 Å². The van der Waals surface area contributed by atoms with Gasteiger partial charge < -0.3 is 14.8 Å². The van der Waals surface area contributed by atoms with Crippen LogP contribution in [0.4, 0.5) is 21.5 Å². The molecule has 13 heteroatoms. The zero-order chi connectivity index (χ0) is 28.9. The standard InChI is InChI=1S/C27H22FN3O8S/c1-29-26(32)24-20-12-18(14-3-4-14)22(13-23(20)39-25(24)15-5-7-16(28)8-6-15)30(40(2,37)38)17-9-10-21(31(35)36)19(11-17)27(33)34/h5-14H,3-4H2,1-2H3,(H,29,32)(H,33,34). The Morgan fingerprint density at radius 2 is 1.80 bits per heavy atom. The Morgan fingerprint density at radius 1 is 1.12 bits per heavy atom. The fraction of sp³-hybridized carbons (Fsp3) is 0.185. The molecule has 1 aliphatic carbocycles. The number of carbonyl (C=O) groups is 2. The molecule has 1 heterocycles. The number of rotatable bonds is 8. The smallest absolute Gasteiger partial charge is 0.342 e. The first-order chi connectivity index (χ1) is 18.9. The first-order valence-electron chi connectivity index (χ1n) is 12.0. The molecule has 5 rings (SSSR count). The molecule has 1 amide bonds. The van der Waals surface area contributed by atoms with Gasteiger partial charge in [0.2, 0.25) is 10.0 Å². The van der Waals surface area contributed by atoms with E-state index < -0.39 is 43.9 Å². The molecule has 11 nitrogen and oxygen atoms in total. The Morgan fingerprint density at radius 3 is 2.35 bits per heavy atom. The van der Waals surface area contributed by atoms with Crippen molar-refractivity contribution in [1.29, 1.82) is 0 Å². The third kappa shape index (κ3) is 4.75. The molecule has 0 radical (unpaired) electrons. The number of fused-ring (bicyclic) bond motifs is 1. The van der Waals surface area contributed by atoms with E-state index in [9.17, 15) is 37.6 Å². The lowest BCUT2D eigenvalue weighted by Crippen LogP contribution is -2.26. The number of aromatic carboxylic acids is 1. The van der Waals surface area contributed by atoms with Crippen LogP contribution in [0.3, 0.4) is 0 Å². The van der Waals surface area contributed by atoms with Gasteiger partial charge in [-0.2, -0.15) is 0 Å². The number of nitrogens with zero attached hydrogens (tertiary/aromatic N) is 2. The maximum atomic E-state index is 13.6. The predicted octanol–water partition coefficient (Wildman–Crippen LogP) is 5.18. The predicted molar refractivity (Wildman–Crippen MR) is 144 cm³/mol. The van der Waals surface area contributed by atoms with E-state index in [0.29, 0.717) is 16.5 Å². The van der Waals surface area contributed by atoms with Gasteiger partial charge in [-0.25, -0.2) is 21.9 Å². The zero-order valence-electron chi connectivity index (χ0n) is 21.2. The SMILES string of the molecule is CNC(=O)c1c(-c2ccc(F)cc2)oc2cc(N(c3ccc([N+](=O)[O-])c(C(=O)O)c3)S(C)(=O)=O)c(C3CC3)cc12. The van der Waals surface area contributed by atoms with Crippen LogP contribution in [0, 0.1) is 15.9 Å². The molecule has 4 aromatic rings. The van der Waals surface area contributed by atoms with E-state index in [4.69, 9.17) is 4.42 Å². The van der Waals surface area contributed by atoms with Crippen molar-refractivity contribution < 1.29 is 36.8 Å². The lowest BCUT2D eigenvalue weighted by Gasteiger charge is -2.25. The molecular formula is C27H22FN3O8S. The van der Waals surface area contributed by atoms with Gasteiger partial charge in [0.1, 0.15) is 22.7 Å². The average molecular weight is 568 g/mol. The Balaban J connectivity index is 1.80. The summed E-state index contributed by atoms with van der Waals surface area (Å²) in [7, 11) is -2.67. The molecule has 3 aromatic carbocycles. The molecule has 1 saturated carbocycles. The van der Waals surface area contributed by atoms with Crippen LogP contribution in [0.2, 0.25) is 0 Å². The van der Waals surface area contributed by atoms with Crippen LogP contribution in [0.25, 0.3) is 22.3 Å². The molecule has 0 saturated heterocycles. The van der Waals surface area contributed by atoms with Crippen LogP contribution in [0.1, 0.15) is 45.0 Å². The van der Waals surface area contributed by atoms with Crippen LogP contribution in [-0.4, -0.2) is 43.6 Å². The highest BCUT2D eigenvalue weighted by Gasteiger charge is 2.34. The minimum Gasteiger partial charge on any atom is -0.477 e. The lowest BCUT2D eigenvalue weighted by atomic mass is 10.00. The fourth-order valence-corrected chi connectivity index (χ4v) is 5.70. The summed E-state index contributed by atoms with van der Waals surface area (Å²) >= 11 is 0. The van der Waals surface area contributed by atoms with Gasteiger partial charge in [-0.3, -0.25) is 14.9 Å². The third-order valence-electron chi connectivity index (χ3n) is 6.61. The number of benzene rings is 3. The van der Waals surface area contributed by atoms with E-state index in [0.717, 1.165) is 41.6 Å². The summed E-state index contributed by atoms with van der Waals surface area (Å²) < 4.78 is 46.9. The summed E-state index contributed by atoms with van der Waals surface area (Å²) in [6, 6.07) is 11.5. The van der Waals surface area contributed by atoms with Crippen molar-refractivity contribution in [2.24, 2.45) is 0 Å². The quantitative estimate of drug-likeness (QED) is 0.218. The van der Waals surface area contributed by atoms with Crippen LogP contribution in [0.5, 0.6) is 0 Å². The third-order valence-corrected chi connectivity index (χ3v) is 7.68. The molecule has 0 bridgehead atoms. The number of nitrogens with one attached hydrogen (secondary N) is 1. The second-order valence-corrected chi connectivity index (χ2v) is 11.2. The van der Waals surface area contributed by atoms with Gasteiger partial charge in [0.15, 0.2) is 0 Å². The van der Waals surface area contributed by atoms with Crippen molar-refractivity contribution in [2.75, 3.05) is 17.6 Å². The highest BCUT2D eigenvalue weighted by Crippen LogP contribution is 2.49. The number of carboxylic acid groups (broad SMARTS) is 1. The topological polar surface area (TPSA) is 160 Å². The van der Waals surface area contributed by atoms with Crippen molar-refractivity contribution >= 4 is 49.9 Å². The fourth-order valence-electron chi connectivity index (χ4n) is 4.69. The number of furan rings is 1. The summed E-state index contributed by atoms with van der Waals surface area (Å²) in [5.41, 5.74) is 0.0147. The molecular weight excluding hydrogens is 545 g/mol. The molecule has 1 fully saturated rings. The van der Waals surface area contributed by atoms with Crippen molar-refractivity contribution in [3.8, 4) is 11.3 Å². The number of amides is 1. The van der Waals surface area contributed by atoms with E-state index in [2.05, 4.69) is 5.32 Å². The van der Waals surface area contributed by atoms with Crippen molar-refractivity contribution in [1.82, 2.24) is 5.32 Å². The normalized spacial score (nSPS) is 13.3. The highest BCUT2D eigenvalue weighted by molar-refractivity contribution is 7.92. The maximum Gasteiger partial charge on any atom is 0.342 e. The summed E-state index contributed by atoms with van der Waals surface area (Å²) in [4.78, 5) is 35.3. The number of carboxylic acids is 1. The summed E-state index contributed by atoms with van der Waals surface area (Å²) in [6.45, 7) is 0. The van der Waals surface area contributed by atoms with Crippen LogP contribution >= 0.6 is 0 Å². The molecule has 0 aliphatic heterocycles. The molecule has 40 heavy (non-hydrogen) atoms. The first-order valence-corrected chi connectivity index (χ1v) is 13.9. The van der Waals surface area contributed by atoms with Crippen molar-refractivity contribution in [2.45, 2.75) is 18.8 Å². The lowest BCUT2D eigenvalue weighted by molar-refractivity contribution is -0.385. The Kier molecular flexibility index (Phi) is 6.54. The summed E-state index contributed by atoms with van der Waals surface area (Å²) in [5.74, 6) is -2.43. The van der Waals surface area contributed by atoms with Gasteiger partial charge in [0.25, 0.3) is 11.6 Å². The van der Waals surface area contributed by atoms with Crippen molar-refractivity contribution in [3.05, 3.63) is 87.2 Å². The first kappa shape index (κ1) is 26.8. The number of hydrogen-bond acceptors (Lipinski definition) is 7. The molecule has 206 valence electrons. The number of hydrogen-bond donors (Lipinski definition) is 2. The summed E-state index contributed by atoms with van der Waals surface area (Å²) in [6.07, 6.45) is 2.42. The Hall–Kier alpha value is -4.78. The monoisotopic (exact) mass is 567 g/mol. The Labute approximate surface area is 227 Å². The summed E-state index contributed by atoms with van der Waals surface area (Å²) in [5, 5.41) is 23.9. The number of halogens is 1. The van der Waals surface area contributed by atoms with Gasteiger partial charge in [-0.1, -0.05) is 0 Å². The highest BCUT2D eigenvalue weighted by atomic mass is 32.2. The molecule has 1 aliphatic rings. The van der Waals surface area contributed by atoms with E-state index in [1.807, 2.05) is 0 Å². The molecule has 0 atom stereocenters. The largest absolute Gasteiger partial charge is 0.477 e. The minimum absolute atomic E-state index is 0.0534. The minimum atomic E-state index is -4.12. The van der Waals surface area contributed by atoms with Gasteiger partial charge in [-0.05, 0) is 66.8 Å². The van der Waals surface area contributed by atoms with E-state index in [1.54, 1.807) is 6.07 Å². The van der Waals surface area contributed by atoms with Gasteiger partial charge in [0.05, 0.1) is 28.1 Å². The van der Waals surface area contributed by atoms with Gasteiger partial charge >= 0.3 is 5.97 Å². The number of nitro groups is 1. The second kappa shape index (κ2) is 9.75. The number of anilines is 2. The molecule has 1 aromatic heterocycles.